The molecule has 0 aromatic heterocycles. The van der Waals surface area contributed by atoms with Gasteiger partial charge in [-0.2, -0.15) is 0 Å². The van der Waals surface area contributed by atoms with Crippen LogP contribution in [-0.4, -0.2) is 13.1 Å². The molecule has 0 saturated heterocycles. The molecule has 1 nitrogen and oxygen atoms in total. The van der Waals surface area contributed by atoms with Crippen LogP contribution in [0.5, 0.6) is 0 Å². The molecule has 1 aliphatic rings. The van der Waals surface area contributed by atoms with Crippen LogP contribution in [0.4, 0.5) is 0 Å². The number of nitrogens with one attached hydrogen (secondary N) is 1. The zero-order chi connectivity index (χ0) is 8.27. The predicted octanol–water partition coefficient (Wildman–Crippen LogP) is 1.89. The Morgan fingerprint density at radius 3 is 2.82 bits per heavy atom. The average molecular weight is 149 g/mol. The van der Waals surface area contributed by atoms with E-state index in [1.165, 1.54) is 12.0 Å². The molecule has 1 rings (SSSR count). The summed E-state index contributed by atoms with van der Waals surface area (Å²) in [6, 6.07) is 0.664. The lowest BCUT2D eigenvalue weighted by Crippen LogP contribution is -2.10. The van der Waals surface area contributed by atoms with E-state index in [1.807, 2.05) is 19.2 Å². The molecular formula is C10H15N. The third kappa shape index (κ3) is 2.05. The molecule has 0 spiro atoms. The second kappa shape index (κ2) is 3.54. The molecule has 0 aromatic rings. The minimum absolute atomic E-state index is 0.663. The molecule has 0 bridgehead atoms. The van der Waals surface area contributed by atoms with Crippen molar-refractivity contribution in [1.82, 2.24) is 5.32 Å². The van der Waals surface area contributed by atoms with E-state index in [4.69, 9.17) is 0 Å². The van der Waals surface area contributed by atoms with Gasteiger partial charge in [0.2, 0.25) is 0 Å². The lowest BCUT2D eigenvalue weighted by atomic mass is 10.2. The molecule has 1 aliphatic carbocycles. The van der Waals surface area contributed by atoms with E-state index in [1.54, 1.807) is 6.08 Å². The molecule has 1 saturated carbocycles. The third-order valence-electron chi connectivity index (χ3n) is 2.08. The van der Waals surface area contributed by atoms with Crippen LogP contribution >= 0.6 is 0 Å². The molecule has 11 heavy (non-hydrogen) atoms. The maximum absolute atomic E-state index is 3.98. The summed E-state index contributed by atoms with van der Waals surface area (Å²) in [4.78, 5) is 0. The van der Waals surface area contributed by atoms with Gasteiger partial charge in [0, 0.05) is 12.0 Å². The minimum atomic E-state index is 0.663. The topological polar surface area (TPSA) is 12.0 Å². The second-order valence-corrected chi connectivity index (χ2v) is 2.91. The fourth-order valence-electron chi connectivity index (χ4n) is 1.24. The van der Waals surface area contributed by atoms with Crippen molar-refractivity contribution in [3.8, 4) is 0 Å². The number of allylic oxidation sites excluding steroid dienone is 3. The standard InChI is InChI=1S/C10H15N/c1-4-5-6-8(2)9-7-10(9)11-3/h4-6,9-11H,1-2,7H2,3H3/b6-5-. The quantitative estimate of drug-likeness (QED) is 0.602. The first-order valence-corrected chi connectivity index (χ1v) is 3.94. The summed E-state index contributed by atoms with van der Waals surface area (Å²) in [5.41, 5.74) is 1.21. The summed E-state index contributed by atoms with van der Waals surface area (Å²) in [6.07, 6.45) is 6.99. The first kappa shape index (κ1) is 8.28. The zero-order valence-corrected chi connectivity index (χ0v) is 7.01. The largest absolute Gasteiger partial charge is 0.316 e. The van der Waals surface area contributed by atoms with Gasteiger partial charge >= 0.3 is 0 Å². The van der Waals surface area contributed by atoms with Crippen LogP contribution in [0.25, 0.3) is 0 Å². The summed E-state index contributed by atoms with van der Waals surface area (Å²) in [6.45, 7) is 7.59. The highest BCUT2D eigenvalue weighted by atomic mass is 14.9. The Balaban J connectivity index is 2.33. The molecule has 0 heterocycles. The van der Waals surface area contributed by atoms with Crippen molar-refractivity contribution in [1.29, 1.82) is 0 Å². The summed E-state index contributed by atoms with van der Waals surface area (Å²) in [7, 11) is 2.00. The Bertz CT molecular complexity index is 191. The molecule has 0 aromatic carbocycles. The molecule has 2 unspecified atom stereocenters. The first-order chi connectivity index (χ1) is 5.29. The fraction of sp³-hybridized carbons (Fsp3) is 0.400. The van der Waals surface area contributed by atoms with Crippen molar-refractivity contribution in [2.24, 2.45) is 5.92 Å². The lowest BCUT2D eigenvalue weighted by Gasteiger charge is -1.96. The molecule has 1 N–H and O–H groups in total. The van der Waals surface area contributed by atoms with E-state index in [0.29, 0.717) is 12.0 Å². The smallest absolute Gasteiger partial charge is 0.0140 e. The normalized spacial score (nSPS) is 28.8. The van der Waals surface area contributed by atoms with Gasteiger partial charge in [-0.1, -0.05) is 37.0 Å². The highest BCUT2D eigenvalue weighted by Crippen LogP contribution is 2.36. The van der Waals surface area contributed by atoms with E-state index >= 15 is 0 Å². The van der Waals surface area contributed by atoms with Crippen LogP contribution in [0.3, 0.4) is 0 Å². The molecule has 0 aliphatic heterocycles. The maximum Gasteiger partial charge on any atom is 0.0140 e. The SMILES string of the molecule is C=C/C=C\C(=C)C1CC1NC. The lowest BCUT2D eigenvalue weighted by molar-refractivity contribution is 0.766. The second-order valence-electron chi connectivity index (χ2n) is 2.91. The van der Waals surface area contributed by atoms with E-state index < -0.39 is 0 Å². The summed E-state index contributed by atoms with van der Waals surface area (Å²) in [5.74, 6) is 0.663. The highest BCUT2D eigenvalue weighted by molar-refractivity contribution is 5.27. The van der Waals surface area contributed by atoms with Gasteiger partial charge in [0.05, 0.1) is 0 Å². The zero-order valence-electron chi connectivity index (χ0n) is 7.01. The van der Waals surface area contributed by atoms with Crippen LogP contribution < -0.4 is 5.32 Å². The van der Waals surface area contributed by atoms with Crippen molar-refractivity contribution >= 4 is 0 Å². The Morgan fingerprint density at radius 2 is 2.36 bits per heavy atom. The molecule has 2 atom stereocenters. The summed E-state index contributed by atoms with van der Waals surface area (Å²) < 4.78 is 0. The van der Waals surface area contributed by atoms with Gasteiger partial charge in [0.1, 0.15) is 0 Å². The van der Waals surface area contributed by atoms with Crippen molar-refractivity contribution in [2.75, 3.05) is 7.05 Å². The van der Waals surface area contributed by atoms with Crippen LogP contribution in [0.1, 0.15) is 6.42 Å². The van der Waals surface area contributed by atoms with Crippen molar-refractivity contribution < 1.29 is 0 Å². The van der Waals surface area contributed by atoms with Crippen LogP contribution in [0.15, 0.2) is 37.0 Å². The summed E-state index contributed by atoms with van der Waals surface area (Å²) >= 11 is 0. The molecule has 60 valence electrons. The maximum atomic E-state index is 3.98. The number of rotatable bonds is 4. The van der Waals surface area contributed by atoms with E-state index in [2.05, 4.69) is 18.5 Å². The average Bonchev–Trinajstić information content (AvgIpc) is 2.78. The molecule has 0 radical (unpaired) electrons. The van der Waals surface area contributed by atoms with Crippen molar-refractivity contribution in [3.63, 3.8) is 0 Å². The number of hydrogen-bond acceptors (Lipinski definition) is 1. The molecular weight excluding hydrogens is 134 g/mol. The van der Waals surface area contributed by atoms with Gasteiger partial charge in [0.15, 0.2) is 0 Å². The van der Waals surface area contributed by atoms with Crippen molar-refractivity contribution in [2.45, 2.75) is 12.5 Å². The molecule has 0 amide bonds. The van der Waals surface area contributed by atoms with E-state index in [0.717, 1.165) is 0 Å². The Hall–Kier alpha value is -0.820. The van der Waals surface area contributed by atoms with E-state index in [-0.39, 0.29) is 0 Å². The van der Waals surface area contributed by atoms with Gasteiger partial charge in [0.25, 0.3) is 0 Å². The van der Waals surface area contributed by atoms with Gasteiger partial charge in [-0.05, 0) is 13.5 Å². The first-order valence-electron chi connectivity index (χ1n) is 3.94. The van der Waals surface area contributed by atoms with E-state index in [9.17, 15) is 0 Å². The van der Waals surface area contributed by atoms with Crippen LogP contribution in [-0.2, 0) is 0 Å². The highest BCUT2D eigenvalue weighted by Gasteiger charge is 2.36. The van der Waals surface area contributed by atoms with Gasteiger partial charge in [-0.25, -0.2) is 0 Å². The fourth-order valence-corrected chi connectivity index (χ4v) is 1.24. The predicted molar refractivity (Wildman–Crippen MR) is 49.4 cm³/mol. The molecule has 1 fully saturated rings. The minimum Gasteiger partial charge on any atom is -0.316 e. The molecule has 1 heteroatoms. The third-order valence-corrected chi connectivity index (χ3v) is 2.08. The summed E-state index contributed by atoms with van der Waals surface area (Å²) in [5, 5.41) is 3.23. The monoisotopic (exact) mass is 149 g/mol. The van der Waals surface area contributed by atoms with Gasteiger partial charge in [-0.15, -0.1) is 0 Å². The Kier molecular flexibility index (Phi) is 2.66. The Morgan fingerprint density at radius 1 is 1.64 bits per heavy atom. The Labute approximate surface area is 68.5 Å². The van der Waals surface area contributed by atoms with Gasteiger partial charge < -0.3 is 5.32 Å². The van der Waals surface area contributed by atoms with Crippen LogP contribution in [0.2, 0.25) is 0 Å². The van der Waals surface area contributed by atoms with Gasteiger partial charge in [-0.3, -0.25) is 0 Å². The van der Waals surface area contributed by atoms with Crippen LogP contribution in [0, 0.1) is 5.92 Å². The number of hydrogen-bond donors (Lipinski definition) is 1. The van der Waals surface area contributed by atoms with Crippen molar-refractivity contribution in [3.05, 3.63) is 37.0 Å².